The number of aliphatic hydroxyl groups is 5. The fourth-order valence-corrected chi connectivity index (χ4v) is 2.40. The van der Waals surface area contributed by atoms with E-state index in [1.165, 1.54) is 0 Å². The Morgan fingerprint density at radius 3 is 2.60 bits per heavy atom. The van der Waals surface area contributed by atoms with E-state index in [9.17, 15) is 20.4 Å². The average molecular weight is 370 g/mol. The maximum Gasteiger partial charge on any atom is 0.147 e. The van der Waals surface area contributed by atoms with E-state index >= 15 is 0 Å². The lowest BCUT2D eigenvalue weighted by atomic mass is 10.0. The van der Waals surface area contributed by atoms with Crippen LogP contribution in [0.1, 0.15) is 5.56 Å². The van der Waals surface area contributed by atoms with Crippen LogP contribution in [0.5, 0.6) is 0 Å². The van der Waals surface area contributed by atoms with E-state index in [0.717, 1.165) is 17.2 Å². The SMILES string of the molecule is Cc1cc(N/N=C/[C@H](O)[C@@H](O)[C@@H](O)[C@H](O)CO)nc2cc(Cl)ccc12. The highest BCUT2D eigenvalue weighted by Gasteiger charge is 2.29. The third-order valence-corrected chi connectivity index (χ3v) is 3.90. The summed E-state index contributed by atoms with van der Waals surface area (Å²) < 4.78 is 0. The van der Waals surface area contributed by atoms with Crippen molar-refractivity contribution in [2.24, 2.45) is 5.10 Å². The van der Waals surface area contributed by atoms with E-state index in [0.29, 0.717) is 16.4 Å². The second-order valence-electron chi connectivity index (χ2n) is 5.60. The van der Waals surface area contributed by atoms with Gasteiger partial charge in [0.25, 0.3) is 0 Å². The largest absolute Gasteiger partial charge is 0.394 e. The van der Waals surface area contributed by atoms with Gasteiger partial charge < -0.3 is 25.5 Å². The molecule has 0 spiro atoms. The van der Waals surface area contributed by atoms with E-state index in [2.05, 4.69) is 15.5 Å². The zero-order valence-corrected chi connectivity index (χ0v) is 14.2. The van der Waals surface area contributed by atoms with Crippen LogP contribution in [-0.2, 0) is 0 Å². The van der Waals surface area contributed by atoms with Crippen molar-refractivity contribution in [1.29, 1.82) is 0 Å². The molecule has 0 saturated carbocycles. The van der Waals surface area contributed by atoms with Gasteiger partial charge in [0.15, 0.2) is 0 Å². The highest BCUT2D eigenvalue weighted by molar-refractivity contribution is 6.31. The molecule has 9 heteroatoms. The van der Waals surface area contributed by atoms with Gasteiger partial charge in [-0.1, -0.05) is 17.7 Å². The predicted molar refractivity (Wildman–Crippen MR) is 94.7 cm³/mol. The molecule has 0 bridgehead atoms. The molecule has 0 unspecified atom stereocenters. The number of nitrogens with zero attached hydrogens (tertiary/aromatic N) is 2. The maximum absolute atomic E-state index is 9.74. The minimum absolute atomic E-state index is 0.404. The Morgan fingerprint density at radius 1 is 1.20 bits per heavy atom. The summed E-state index contributed by atoms with van der Waals surface area (Å²) in [6.45, 7) is 1.15. The Hall–Kier alpha value is -1.81. The molecule has 0 aliphatic heterocycles. The molecule has 4 atom stereocenters. The van der Waals surface area contributed by atoms with E-state index in [4.69, 9.17) is 16.7 Å². The van der Waals surface area contributed by atoms with Gasteiger partial charge in [-0.15, -0.1) is 0 Å². The number of aryl methyl sites for hydroxylation is 1. The molecule has 1 heterocycles. The van der Waals surface area contributed by atoms with Crippen LogP contribution in [0, 0.1) is 6.92 Å². The van der Waals surface area contributed by atoms with Gasteiger partial charge in [0.2, 0.25) is 0 Å². The third kappa shape index (κ3) is 4.85. The first-order valence-electron chi connectivity index (χ1n) is 7.52. The number of rotatable bonds is 7. The molecule has 0 aliphatic carbocycles. The summed E-state index contributed by atoms with van der Waals surface area (Å²) in [5, 5.41) is 52.2. The summed E-state index contributed by atoms with van der Waals surface area (Å²) in [6, 6.07) is 7.10. The van der Waals surface area contributed by atoms with Gasteiger partial charge in [0, 0.05) is 10.4 Å². The zero-order chi connectivity index (χ0) is 18.6. The van der Waals surface area contributed by atoms with Gasteiger partial charge in [-0.3, -0.25) is 5.43 Å². The van der Waals surface area contributed by atoms with Gasteiger partial charge in [-0.2, -0.15) is 5.10 Å². The van der Waals surface area contributed by atoms with Crippen LogP contribution >= 0.6 is 11.6 Å². The van der Waals surface area contributed by atoms with Gasteiger partial charge in [-0.05, 0) is 30.7 Å². The molecule has 2 aromatic rings. The number of aliphatic hydroxyl groups excluding tert-OH is 5. The maximum atomic E-state index is 9.74. The molecule has 0 radical (unpaired) electrons. The number of halogens is 1. The van der Waals surface area contributed by atoms with E-state index < -0.39 is 31.0 Å². The van der Waals surface area contributed by atoms with Crippen molar-refractivity contribution in [2.45, 2.75) is 31.3 Å². The summed E-state index contributed by atoms with van der Waals surface area (Å²) in [5.74, 6) is 0.404. The summed E-state index contributed by atoms with van der Waals surface area (Å²) in [6.07, 6.45) is -5.59. The first kappa shape index (κ1) is 19.5. The Morgan fingerprint density at radius 2 is 1.92 bits per heavy atom. The number of pyridine rings is 1. The van der Waals surface area contributed by atoms with Crippen LogP contribution in [0.25, 0.3) is 10.9 Å². The Balaban J connectivity index is 2.07. The molecular weight excluding hydrogens is 350 g/mol. The average Bonchev–Trinajstić information content (AvgIpc) is 2.59. The number of hydrogen-bond donors (Lipinski definition) is 6. The van der Waals surface area contributed by atoms with E-state index in [1.807, 2.05) is 13.0 Å². The normalized spacial score (nSPS) is 16.8. The quantitative estimate of drug-likeness (QED) is 0.299. The predicted octanol–water partition coefficient (Wildman–Crippen LogP) is 0.0302. The fraction of sp³-hybridized carbons (Fsp3) is 0.375. The van der Waals surface area contributed by atoms with Crippen molar-refractivity contribution in [3.63, 3.8) is 0 Å². The standard InChI is InChI=1S/C16H20ClN3O5/c1-8-4-14(19-11-5-9(17)2-3-10(8)11)20-18-6-12(22)15(24)16(25)13(23)7-21/h2-6,12-13,15-16,21-25H,7H2,1H3,(H,19,20)/b18-6+/t12-,13+,15+,16-/m0/s1. The number of benzene rings is 1. The fourth-order valence-electron chi connectivity index (χ4n) is 2.24. The Kier molecular flexibility index (Phi) is 6.65. The van der Waals surface area contributed by atoms with Gasteiger partial charge in [0.1, 0.15) is 30.2 Å². The summed E-state index contributed by atoms with van der Waals surface area (Å²) in [7, 11) is 0. The van der Waals surface area contributed by atoms with Crippen molar-refractivity contribution in [3.05, 3.63) is 34.9 Å². The number of nitrogens with one attached hydrogen (secondary N) is 1. The number of hydrogen-bond acceptors (Lipinski definition) is 8. The minimum atomic E-state index is -1.71. The monoisotopic (exact) mass is 369 g/mol. The Labute approximate surface area is 149 Å². The lowest BCUT2D eigenvalue weighted by Crippen LogP contribution is -2.46. The van der Waals surface area contributed by atoms with Crippen molar-refractivity contribution in [1.82, 2.24) is 4.98 Å². The highest BCUT2D eigenvalue weighted by Crippen LogP contribution is 2.23. The van der Waals surface area contributed by atoms with Crippen LogP contribution < -0.4 is 5.43 Å². The smallest absolute Gasteiger partial charge is 0.147 e. The second kappa shape index (κ2) is 8.52. The first-order chi connectivity index (χ1) is 11.8. The third-order valence-electron chi connectivity index (χ3n) is 3.67. The van der Waals surface area contributed by atoms with Gasteiger partial charge in [-0.25, -0.2) is 4.98 Å². The van der Waals surface area contributed by atoms with E-state index in [1.54, 1.807) is 18.2 Å². The molecule has 2 rings (SSSR count). The molecule has 1 aromatic heterocycles. The zero-order valence-electron chi connectivity index (χ0n) is 13.4. The molecule has 1 aromatic carbocycles. The Bertz CT molecular complexity index is 758. The van der Waals surface area contributed by atoms with Crippen LogP contribution in [0.15, 0.2) is 29.4 Å². The van der Waals surface area contributed by atoms with Crippen LogP contribution in [0.2, 0.25) is 5.02 Å². The molecule has 8 nitrogen and oxygen atoms in total. The number of fused-ring (bicyclic) bond motifs is 1. The minimum Gasteiger partial charge on any atom is -0.394 e. The van der Waals surface area contributed by atoms with Gasteiger partial charge >= 0.3 is 0 Å². The molecular formula is C16H20ClN3O5. The summed E-state index contributed by atoms with van der Waals surface area (Å²) >= 11 is 5.96. The summed E-state index contributed by atoms with van der Waals surface area (Å²) in [4.78, 5) is 4.34. The molecule has 25 heavy (non-hydrogen) atoms. The molecule has 136 valence electrons. The first-order valence-corrected chi connectivity index (χ1v) is 7.90. The second-order valence-corrected chi connectivity index (χ2v) is 6.03. The highest BCUT2D eigenvalue weighted by atomic mass is 35.5. The van der Waals surface area contributed by atoms with Crippen LogP contribution in [0.3, 0.4) is 0 Å². The van der Waals surface area contributed by atoms with E-state index in [-0.39, 0.29) is 0 Å². The topological polar surface area (TPSA) is 138 Å². The van der Waals surface area contributed by atoms with Crippen LogP contribution in [-0.4, -0.2) is 67.8 Å². The molecule has 0 saturated heterocycles. The molecule has 0 fully saturated rings. The van der Waals surface area contributed by atoms with Crippen LogP contribution in [0.4, 0.5) is 5.82 Å². The lowest BCUT2D eigenvalue weighted by Gasteiger charge is -2.23. The molecule has 0 amide bonds. The number of anilines is 1. The molecule has 0 aliphatic rings. The number of aromatic nitrogens is 1. The molecule has 6 N–H and O–H groups in total. The lowest BCUT2D eigenvalue weighted by molar-refractivity contribution is -0.0999. The van der Waals surface area contributed by atoms with Crippen molar-refractivity contribution < 1.29 is 25.5 Å². The van der Waals surface area contributed by atoms with Crippen molar-refractivity contribution in [2.75, 3.05) is 12.0 Å². The number of hydrazone groups is 1. The van der Waals surface area contributed by atoms with Crippen molar-refractivity contribution in [3.8, 4) is 0 Å². The van der Waals surface area contributed by atoms with Crippen molar-refractivity contribution >= 4 is 34.5 Å². The van der Waals surface area contributed by atoms with Gasteiger partial charge in [0.05, 0.1) is 18.3 Å². The summed E-state index contributed by atoms with van der Waals surface area (Å²) in [5.41, 5.74) is 4.23.